The van der Waals surface area contributed by atoms with Crippen LogP contribution < -0.4 is 0 Å². The zero-order valence-electron chi connectivity index (χ0n) is 4.40. The van der Waals surface area contributed by atoms with Gasteiger partial charge in [-0.2, -0.15) is 13.2 Å². The van der Waals surface area contributed by atoms with E-state index < -0.39 is 12.1 Å². The van der Waals surface area contributed by atoms with Gasteiger partial charge in [0.25, 0.3) is 0 Å². The Balaban J connectivity index is 0. The predicted molar refractivity (Wildman–Crippen MR) is 22.1 cm³/mol. The zero-order chi connectivity index (χ0) is 8.78. The summed E-state index contributed by atoms with van der Waals surface area (Å²) in [4.78, 5) is 17.2. The number of rotatable bonds is 0. The van der Waals surface area contributed by atoms with Crippen molar-refractivity contribution < 1.29 is 27.9 Å². The van der Waals surface area contributed by atoms with Crippen LogP contribution in [0.5, 0.6) is 0 Å². The average molecular weight is 157 g/mol. The largest absolute Gasteiger partial charge is 0.490 e. The molecule has 0 bridgehead atoms. The Labute approximate surface area is 52.8 Å². The summed E-state index contributed by atoms with van der Waals surface area (Å²) in [5, 5.41) is 12.5. The van der Waals surface area contributed by atoms with Gasteiger partial charge in [-0.05, 0) is 0 Å². The van der Waals surface area contributed by atoms with E-state index in [0.717, 1.165) is 6.08 Å². The first-order valence-corrected chi connectivity index (χ1v) is 1.70. The number of hydrogen-bond donors (Lipinski definition) is 2. The molecule has 0 aromatic carbocycles. The Morgan fingerprint density at radius 3 is 1.60 bits per heavy atom. The topological polar surface area (TPSA) is 78.2 Å². The summed E-state index contributed by atoms with van der Waals surface area (Å²) in [5.74, 6) is -2.76. The molecule has 0 saturated heterocycles. The number of isocyanates is 1. The molecule has 0 spiro atoms. The van der Waals surface area contributed by atoms with Gasteiger partial charge in [-0.25, -0.2) is 15.0 Å². The van der Waals surface area contributed by atoms with Gasteiger partial charge in [-0.3, -0.25) is 0 Å². The fraction of sp³-hybridized carbons (Fsp3) is 0.333. The number of carboxylic acids is 1. The highest BCUT2D eigenvalue weighted by Gasteiger charge is 2.38. The van der Waals surface area contributed by atoms with Crippen LogP contribution in [0.4, 0.5) is 13.2 Å². The summed E-state index contributed by atoms with van der Waals surface area (Å²) in [6, 6.07) is 0. The van der Waals surface area contributed by atoms with Crippen molar-refractivity contribution in [3.8, 4) is 0 Å². The van der Waals surface area contributed by atoms with Crippen LogP contribution in [0.1, 0.15) is 0 Å². The monoisotopic (exact) mass is 157 g/mol. The highest BCUT2D eigenvalue weighted by atomic mass is 19.4. The van der Waals surface area contributed by atoms with E-state index in [1.165, 1.54) is 0 Å². The van der Waals surface area contributed by atoms with Crippen molar-refractivity contribution in [3.63, 3.8) is 0 Å². The van der Waals surface area contributed by atoms with Crippen molar-refractivity contribution in [3.05, 3.63) is 0 Å². The van der Waals surface area contributed by atoms with Crippen LogP contribution in [0.15, 0.2) is 0 Å². The van der Waals surface area contributed by atoms with E-state index in [2.05, 4.69) is 0 Å². The van der Waals surface area contributed by atoms with Crippen molar-refractivity contribution in [2.24, 2.45) is 0 Å². The first-order chi connectivity index (χ1) is 4.36. The van der Waals surface area contributed by atoms with Gasteiger partial charge < -0.3 is 5.11 Å². The van der Waals surface area contributed by atoms with Crippen molar-refractivity contribution in [2.75, 3.05) is 0 Å². The Bertz CT molecular complexity index is 146. The first-order valence-electron chi connectivity index (χ1n) is 1.70. The zero-order valence-corrected chi connectivity index (χ0v) is 4.40. The minimum atomic E-state index is -5.08. The molecule has 0 atom stereocenters. The molecule has 0 amide bonds. The highest BCUT2D eigenvalue weighted by molar-refractivity contribution is 5.73. The van der Waals surface area contributed by atoms with E-state index in [-0.39, 0.29) is 0 Å². The minimum Gasteiger partial charge on any atom is -0.475 e. The third-order valence-corrected chi connectivity index (χ3v) is 0.243. The third-order valence-electron chi connectivity index (χ3n) is 0.243. The number of hydrogen-bond acceptors (Lipinski definition) is 3. The lowest BCUT2D eigenvalue weighted by Gasteiger charge is -1.93. The maximum atomic E-state index is 10.6. The average Bonchev–Trinajstić information content (AvgIpc) is 1.64. The number of aliphatic carboxylic acids is 1. The molecule has 0 unspecified atom stereocenters. The van der Waals surface area contributed by atoms with Crippen LogP contribution in [-0.4, -0.2) is 23.3 Å². The highest BCUT2D eigenvalue weighted by Crippen LogP contribution is 2.13. The second-order valence-electron chi connectivity index (χ2n) is 0.905. The van der Waals surface area contributed by atoms with Crippen molar-refractivity contribution in [1.82, 2.24) is 0 Å². The molecule has 0 aromatic rings. The predicted octanol–water partition coefficient (Wildman–Crippen LogP) is 0.534. The lowest BCUT2D eigenvalue weighted by molar-refractivity contribution is -0.192. The van der Waals surface area contributed by atoms with E-state index in [1.54, 1.807) is 0 Å². The van der Waals surface area contributed by atoms with Crippen LogP contribution in [-0.2, 0) is 9.59 Å². The molecule has 7 heteroatoms. The van der Waals surface area contributed by atoms with E-state index >= 15 is 0 Å². The quantitative estimate of drug-likeness (QED) is 0.397. The number of alkyl halides is 3. The molecule has 0 aliphatic heterocycles. The van der Waals surface area contributed by atoms with Gasteiger partial charge in [0.2, 0.25) is 6.08 Å². The maximum absolute atomic E-state index is 10.6. The second-order valence-corrected chi connectivity index (χ2v) is 0.905. The van der Waals surface area contributed by atoms with Gasteiger partial charge in [-0.1, -0.05) is 0 Å². The molecule has 0 fully saturated rings. The fourth-order valence-electron chi connectivity index (χ4n) is 0. The Kier molecular flexibility index (Phi) is 5.16. The molecule has 0 rings (SSSR count). The standard InChI is InChI=1S/C2HF3O2.CHNO/c3-2(4,5)1(6)7;2-1-3/h(H,6,7);2H. The molecule has 0 aromatic heterocycles. The molecule has 4 nitrogen and oxygen atoms in total. The number of carboxylic acid groups (broad SMARTS) is 1. The fourth-order valence-corrected chi connectivity index (χ4v) is 0. The summed E-state index contributed by atoms with van der Waals surface area (Å²) in [6.07, 6.45) is -4.33. The third kappa shape index (κ3) is 9.81. The molecule has 10 heavy (non-hydrogen) atoms. The lowest BCUT2D eigenvalue weighted by Crippen LogP contribution is -2.21. The lowest BCUT2D eigenvalue weighted by atomic mass is 10.7. The normalized spacial score (nSPS) is 8.70. The number of carbonyl (C=O) groups excluding carboxylic acids is 1. The number of halogens is 3. The number of carbonyl (C=O) groups is 1. The Morgan fingerprint density at radius 2 is 1.60 bits per heavy atom. The maximum Gasteiger partial charge on any atom is 0.490 e. The molecule has 0 radical (unpaired) electrons. The van der Waals surface area contributed by atoms with Crippen molar-refractivity contribution in [1.29, 1.82) is 5.41 Å². The summed E-state index contributed by atoms with van der Waals surface area (Å²) in [6.45, 7) is 0. The smallest absolute Gasteiger partial charge is 0.475 e. The van der Waals surface area contributed by atoms with E-state index in [0.29, 0.717) is 0 Å². The molecule has 2 N–H and O–H groups in total. The Hall–Kier alpha value is -1.36. The van der Waals surface area contributed by atoms with Gasteiger partial charge in [0, 0.05) is 0 Å². The van der Waals surface area contributed by atoms with Crippen LogP contribution >= 0.6 is 0 Å². The van der Waals surface area contributed by atoms with Crippen LogP contribution in [0, 0.1) is 5.41 Å². The van der Waals surface area contributed by atoms with Crippen LogP contribution in [0.2, 0.25) is 0 Å². The molecular formula is C3H2F3NO3. The summed E-state index contributed by atoms with van der Waals surface area (Å²) < 4.78 is 31.7. The van der Waals surface area contributed by atoms with Crippen molar-refractivity contribution in [2.45, 2.75) is 6.18 Å². The van der Waals surface area contributed by atoms with Gasteiger partial charge in [0.05, 0.1) is 0 Å². The second kappa shape index (κ2) is 4.51. The summed E-state index contributed by atoms with van der Waals surface area (Å²) in [7, 11) is 0. The van der Waals surface area contributed by atoms with Crippen LogP contribution in [0.3, 0.4) is 0 Å². The van der Waals surface area contributed by atoms with Gasteiger partial charge in [0.15, 0.2) is 0 Å². The minimum absolute atomic E-state index is 0.750. The summed E-state index contributed by atoms with van der Waals surface area (Å²) >= 11 is 0. The molecule has 0 saturated carbocycles. The molecular weight excluding hydrogens is 155 g/mol. The number of nitrogens with one attached hydrogen (secondary N) is 1. The SMILES string of the molecule is N=C=O.O=C(O)C(F)(F)F. The molecule has 0 heterocycles. The van der Waals surface area contributed by atoms with Crippen molar-refractivity contribution >= 4 is 12.0 Å². The first kappa shape index (κ1) is 11.4. The van der Waals surface area contributed by atoms with E-state index in [9.17, 15) is 13.2 Å². The van der Waals surface area contributed by atoms with Gasteiger partial charge in [-0.15, -0.1) is 0 Å². The van der Waals surface area contributed by atoms with Gasteiger partial charge >= 0.3 is 12.1 Å². The van der Waals surface area contributed by atoms with E-state index in [1.807, 2.05) is 0 Å². The molecule has 0 aliphatic carbocycles. The molecule has 0 aliphatic rings. The molecule has 58 valence electrons. The van der Waals surface area contributed by atoms with Crippen LogP contribution in [0.25, 0.3) is 0 Å². The van der Waals surface area contributed by atoms with Gasteiger partial charge in [0.1, 0.15) is 0 Å². The van der Waals surface area contributed by atoms with E-state index in [4.69, 9.17) is 20.1 Å². The summed E-state index contributed by atoms with van der Waals surface area (Å²) in [5.41, 5.74) is 0. The Morgan fingerprint density at radius 1 is 1.50 bits per heavy atom.